The molecule has 0 saturated carbocycles. The van der Waals surface area contributed by atoms with Crippen LogP contribution >= 0.6 is 0 Å². The molecule has 0 aromatic carbocycles. The molecule has 1 aromatic rings. The van der Waals surface area contributed by atoms with E-state index in [0.717, 1.165) is 6.07 Å². The van der Waals surface area contributed by atoms with Gasteiger partial charge in [0.2, 0.25) is 0 Å². The predicted octanol–water partition coefficient (Wildman–Crippen LogP) is 0.553. The summed E-state index contributed by atoms with van der Waals surface area (Å²) < 4.78 is 12.5. The van der Waals surface area contributed by atoms with Crippen molar-refractivity contribution in [1.29, 1.82) is 0 Å². The lowest BCUT2D eigenvalue weighted by Crippen LogP contribution is -2.02. The van der Waals surface area contributed by atoms with Crippen LogP contribution in [-0.2, 0) is 11.2 Å². The Kier molecular flexibility index (Phi) is 2.23. The van der Waals surface area contributed by atoms with E-state index in [1.165, 1.54) is 6.07 Å². The van der Waals surface area contributed by atoms with Crippen LogP contribution in [0.5, 0.6) is 5.75 Å². The number of nitrogens with zero attached hydrogens (tertiary/aromatic N) is 1. The average Bonchev–Trinajstić information content (AvgIpc) is 1.96. The van der Waals surface area contributed by atoms with Crippen molar-refractivity contribution in [2.24, 2.45) is 0 Å². The first kappa shape index (κ1) is 8.45. The van der Waals surface area contributed by atoms with Crippen molar-refractivity contribution in [2.75, 3.05) is 0 Å². The van der Waals surface area contributed by atoms with E-state index in [0.29, 0.717) is 0 Å². The smallest absolute Gasteiger partial charge is 0.309 e. The summed E-state index contributed by atoms with van der Waals surface area (Å²) in [5.41, 5.74) is 0.0813. The van der Waals surface area contributed by atoms with Crippen LogP contribution < -0.4 is 0 Å². The Balaban J connectivity index is 2.89. The molecule has 5 heteroatoms. The van der Waals surface area contributed by atoms with Gasteiger partial charge in [-0.2, -0.15) is 4.39 Å². The standard InChI is InChI=1S/C7H6FNO3/c8-7-5(10)2-1-4(9-7)3-6(11)12/h1-2,10H,3H2,(H,11,12). The van der Waals surface area contributed by atoms with E-state index >= 15 is 0 Å². The van der Waals surface area contributed by atoms with Gasteiger partial charge < -0.3 is 10.2 Å². The van der Waals surface area contributed by atoms with Crippen LogP contribution in [0.1, 0.15) is 5.69 Å². The molecule has 0 aliphatic carbocycles. The van der Waals surface area contributed by atoms with Crippen molar-refractivity contribution in [3.05, 3.63) is 23.8 Å². The number of hydrogen-bond acceptors (Lipinski definition) is 3. The van der Waals surface area contributed by atoms with E-state index < -0.39 is 17.7 Å². The summed E-state index contributed by atoms with van der Waals surface area (Å²) >= 11 is 0. The highest BCUT2D eigenvalue weighted by Crippen LogP contribution is 2.12. The van der Waals surface area contributed by atoms with Crippen molar-refractivity contribution < 1.29 is 19.4 Å². The van der Waals surface area contributed by atoms with Crippen LogP contribution in [0.15, 0.2) is 12.1 Å². The number of carbonyl (C=O) groups is 1. The molecule has 0 fully saturated rings. The monoisotopic (exact) mass is 171 g/mol. The summed E-state index contributed by atoms with van der Waals surface area (Å²) in [6.07, 6.45) is -0.350. The first-order valence-corrected chi connectivity index (χ1v) is 3.16. The Morgan fingerprint density at radius 1 is 1.58 bits per heavy atom. The maximum absolute atomic E-state index is 12.5. The molecular weight excluding hydrogens is 165 g/mol. The maximum atomic E-state index is 12.5. The molecular formula is C7H6FNO3. The molecule has 1 aromatic heterocycles. The molecule has 1 rings (SSSR count). The summed E-state index contributed by atoms with van der Waals surface area (Å²) in [6, 6.07) is 2.33. The third-order valence-corrected chi connectivity index (χ3v) is 1.22. The summed E-state index contributed by atoms with van der Waals surface area (Å²) in [6.45, 7) is 0. The molecule has 64 valence electrons. The second-order valence-corrected chi connectivity index (χ2v) is 2.18. The van der Waals surface area contributed by atoms with Crippen LogP contribution in [0.4, 0.5) is 4.39 Å². The van der Waals surface area contributed by atoms with Crippen molar-refractivity contribution in [3.63, 3.8) is 0 Å². The third kappa shape index (κ3) is 1.91. The minimum absolute atomic E-state index is 0.0813. The number of aromatic hydroxyl groups is 1. The van der Waals surface area contributed by atoms with Crippen molar-refractivity contribution in [1.82, 2.24) is 4.98 Å². The van der Waals surface area contributed by atoms with E-state index in [1.54, 1.807) is 0 Å². The Labute approximate surface area is 67.3 Å². The summed E-state index contributed by atoms with van der Waals surface area (Å²) in [5.74, 6) is -2.72. The second kappa shape index (κ2) is 3.17. The van der Waals surface area contributed by atoms with E-state index in [1.807, 2.05) is 0 Å². The predicted molar refractivity (Wildman–Crippen MR) is 37.2 cm³/mol. The van der Waals surface area contributed by atoms with Crippen LogP contribution in [0, 0.1) is 5.95 Å². The van der Waals surface area contributed by atoms with E-state index in [9.17, 15) is 9.18 Å². The van der Waals surface area contributed by atoms with Gasteiger partial charge in [-0.1, -0.05) is 0 Å². The molecule has 12 heavy (non-hydrogen) atoms. The van der Waals surface area contributed by atoms with Gasteiger partial charge in [-0.3, -0.25) is 4.79 Å². The second-order valence-electron chi connectivity index (χ2n) is 2.18. The highest BCUT2D eigenvalue weighted by atomic mass is 19.1. The van der Waals surface area contributed by atoms with Gasteiger partial charge in [0.25, 0.3) is 5.95 Å². The lowest BCUT2D eigenvalue weighted by Gasteiger charge is -1.97. The number of halogens is 1. The number of carboxylic acid groups (broad SMARTS) is 1. The van der Waals surface area contributed by atoms with Crippen molar-refractivity contribution >= 4 is 5.97 Å². The Hall–Kier alpha value is -1.65. The average molecular weight is 171 g/mol. The minimum Gasteiger partial charge on any atom is -0.504 e. The van der Waals surface area contributed by atoms with Crippen LogP contribution in [0.2, 0.25) is 0 Å². The fourth-order valence-corrected chi connectivity index (χ4v) is 0.718. The fraction of sp³-hybridized carbons (Fsp3) is 0.143. The zero-order valence-electron chi connectivity index (χ0n) is 5.99. The van der Waals surface area contributed by atoms with Gasteiger partial charge in [0.05, 0.1) is 12.1 Å². The molecule has 0 bridgehead atoms. The highest BCUT2D eigenvalue weighted by molar-refractivity contribution is 5.69. The van der Waals surface area contributed by atoms with Gasteiger partial charge in [0.1, 0.15) is 0 Å². The number of rotatable bonds is 2. The van der Waals surface area contributed by atoms with E-state index in [-0.39, 0.29) is 12.1 Å². The van der Waals surface area contributed by atoms with Gasteiger partial charge in [-0.05, 0) is 12.1 Å². The number of hydrogen-bond donors (Lipinski definition) is 2. The van der Waals surface area contributed by atoms with Crippen molar-refractivity contribution in [3.8, 4) is 5.75 Å². The van der Waals surface area contributed by atoms with Gasteiger partial charge in [0.15, 0.2) is 5.75 Å². The largest absolute Gasteiger partial charge is 0.504 e. The molecule has 1 heterocycles. The van der Waals surface area contributed by atoms with E-state index in [4.69, 9.17) is 10.2 Å². The Morgan fingerprint density at radius 3 is 2.75 bits per heavy atom. The summed E-state index contributed by atoms with van der Waals surface area (Å²) in [7, 11) is 0. The first-order valence-electron chi connectivity index (χ1n) is 3.16. The summed E-state index contributed by atoms with van der Waals surface area (Å²) in [4.78, 5) is 13.4. The number of carboxylic acids is 1. The zero-order valence-corrected chi connectivity index (χ0v) is 5.99. The number of aliphatic carboxylic acids is 1. The molecule has 0 spiro atoms. The Bertz CT molecular complexity index is 314. The van der Waals surface area contributed by atoms with Crippen molar-refractivity contribution in [2.45, 2.75) is 6.42 Å². The molecule has 0 aliphatic rings. The molecule has 0 radical (unpaired) electrons. The molecule has 0 atom stereocenters. The van der Waals surface area contributed by atoms with Gasteiger partial charge in [-0.25, -0.2) is 4.98 Å². The first-order chi connectivity index (χ1) is 5.59. The third-order valence-electron chi connectivity index (χ3n) is 1.22. The molecule has 0 unspecified atom stereocenters. The molecule has 0 amide bonds. The molecule has 2 N–H and O–H groups in total. The Morgan fingerprint density at radius 2 is 2.25 bits per heavy atom. The maximum Gasteiger partial charge on any atom is 0.309 e. The fourth-order valence-electron chi connectivity index (χ4n) is 0.718. The van der Waals surface area contributed by atoms with Crippen LogP contribution in [0.3, 0.4) is 0 Å². The number of pyridine rings is 1. The quantitative estimate of drug-likeness (QED) is 0.637. The highest BCUT2D eigenvalue weighted by Gasteiger charge is 2.06. The molecule has 0 saturated heterocycles. The lowest BCUT2D eigenvalue weighted by molar-refractivity contribution is -0.136. The minimum atomic E-state index is -1.09. The number of aromatic nitrogens is 1. The van der Waals surface area contributed by atoms with Gasteiger partial charge >= 0.3 is 5.97 Å². The van der Waals surface area contributed by atoms with Crippen LogP contribution in [-0.4, -0.2) is 21.2 Å². The van der Waals surface area contributed by atoms with Gasteiger partial charge in [0, 0.05) is 0 Å². The normalized spacial score (nSPS) is 9.75. The topological polar surface area (TPSA) is 70.4 Å². The lowest BCUT2D eigenvalue weighted by atomic mass is 10.3. The van der Waals surface area contributed by atoms with Crippen LogP contribution in [0.25, 0.3) is 0 Å². The zero-order chi connectivity index (χ0) is 9.14. The summed E-state index contributed by atoms with van der Waals surface area (Å²) in [5, 5.41) is 17.0. The van der Waals surface area contributed by atoms with Gasteiger partial charge in [-0.15, -0.1) is 0 Å². The molecule has 0 aliphatic heterocycles. The SMILES string of the molecule is O=C(O)Cc1ccc(O)c(F)n1. The molecule has 4 nitrogen and oxygen atoms in total. The van der Waals surface area contributed by atoms with E-state index in [2.05, 4.69) is 4.98 Å².